The van der Waals surface area contributed by atoms with Crippen LogP contribution in [0.4, 0.5) is 0 Å². The van der Waals surface area contributed by atoms with Crippen LogP contribution in [0.2, 0.25) is 0 Å². The minimum Gasteiger partial charge on any atom is -0.494 e. The highest BCUT2D eigenvalue weighted by Gasteiger charge is 2.20. The molecule has 3 nitrogen and oxygen atoms in total. The monoisotopic (exact) mass is 288 g/mol. The minimum atomic E-state index is -0.460. The molecule has 0 saturated heterocycles. The van der Waals surface area contributed by atoms with Gasteiger partial charge in [-0.25, -0.2) is 0 Å². The fourth-order valence-corrected chi connectivity index (χ4v) is 2.06. The number of nitrogens with one attached hydrogen (secondary N) is 1. The van der Waals surface area contributed by atoms with E-state index in [1.807, 2.05) is 26.1 Å². The summed E-state index contributed by atoms with van der Waals surface area (Å²) in [5.74, 6) is 0.897. The molecule has 1 unspecified atom stereocenters. The van der Waals surface area contributed by atoms with Crippen LogP contribution in [0.3, 0.4) is 0 Å². The van der Waals surface area contributed by atoms with E-state index in [0.29, 0.717) is 6.61 Å². The second kappa shape index (κ2) is 7.47. The van der Waals surface area contributed by atoms with E-state index in [9.17, 15) is 0 Å². The molecule has 1 aromatic rings. The van der Waals surface area contributed by atoms with Crippen LogP contribution in [0, 0.1) is 11.3 Å². The highest BCUT2D eigenvalue weighted by Crippen LogP contribution is 2.28. The maximum Gasteiger partial charge on any atom is 0.119 e. The molecule has 116 valence electrons. The average molecular weight is 288 g/mol. The predicted molar refractivity (Wildman–Crippen MR) is 87.6 cm³/mol. The predicted octanol–water partition coefficient (Wildman–Crippen LogP) is 4.03. The fourth-order valence-electron chi connectivity index (χ4n) is 2.06. The van der Waals surface area contributed by atoms with Crippen LogP contribution in [0.25, 0.3) is 0 Å². The zero-order valence-electron chi connectivity index (χ0n) is 14.0. The van der Waals surface area contributed by atoms with Gasteiger partial charge in [0.25, 0.3) is 0 Å². The summed E-state index contributed by atoms with van der Waals surface area (Å²) in [5, 5.41) is 12.1. The Kier molecular flexibility index (Phi) is 6.23. The Morgan fingerprint density at radius 3 is 2.29 bits per heavy atom. The first-order chi connectivity index (χ1) is 9.87. The van der Waals surface area contributed by atoms with Crippen molar-refractivity contribution in [1.29, 1.82) is 5.26 Å². The van der Waals surface area contributed by atoms with Crippen molar-refractivity contribution < 1.29 is 4.74 Å². The van der Waals surface area contributed by atoms with E-state index in [-0.39, 0.29) is 5.41 Å². The molecule has 0 saturated carbocycles. The van der Waals surface area contributed by atoms with Gasteiger partial charge in [0.1, 0.15) is 11.3 Å². The molecule has 0 heterocycles. The quantitative estimate of drug-likeness (QED) is 0.734. The van der Waals surface area contributed by atoms with Crippen molar-refractivity contribution in [3.05, 3.63) is 29.8 Å². The third kappa shape index (κ3) is 5.06. The van der Waals surface area contributed by atoms with Crippen molar-refractivity contribution in [2.24, 2.45) is 0 Å². The highest BCUT2D eigenvalue weighted by atomic mass is 16.5. The number of hydrogen-bond donors (Lipinski definition) is 1. The van der Waals surface area contributed by atoms with Crippen LogP contribution in [0.5, 0.6) is 5.75 Å². The molecule has 1 rings (SSSR count). The topological polar surface area (TPSA) is 45.0 Å². The standard InChI is InChI=1S/C18H28N2O/c1-6-17(2,3)15-8-10-16(11-9-15)21-13-7-12-18(4,14-19)20-5/h8-11,20H,6-7,12-13H2,1-5H3. The zero-order chi connectivity index (χ0) is 15.9. The Hall–Kier alpha value is -1.53. The van der Waals surface area contributed by atoms with Crippen LogP contribution in [-0.2, 0) is 5.41 Å². The summed E-state index contributed by atoms with van der Waals surface area (Å²) in [5.41, 5.74) is 1.09. The number of nitriles is 1. The Balaban J connectivity index is 2.46. The van der Waals surface area contributed by atoms with Gasteiger partial charge in [-0.3, -0.25) is 0 Å². The second-order valence-electron chi connectivity index (χ2n) is 6.41. The van der Waals surface area contributed by atoms with Crippen LogP contribution < -0.4 is 10.1 Å². The SMILES string of the molecule is CCC(C)(C)c1ccc(OCCCC(C)(C#N)NC)cc1. The summed E-state index contributed by atoms with van der Waals surface area (Å²) in [7, 11) is 1.82. The lowest BCUT2D eigenvalue weighted by atomic mass is 9.82. The first-order valence-corrected chi connectivity index (χ1v) is 7.70. The summed E-state index contributed by atoms with van der Waals surface area (Å²) in [6, 6.07) is 10.7. The second-order valence-corrected chi connectivity index (χ2v) is 6.41. The molecule has 0 spiro atoms. The molecule has 0 aliphatic carbocycles. The van der Waals surface area contributed by atoms with Crippen molar-refractivity contribution >= 4 is 0 Å². The molecule has 0 radical (unpaired) electrons. The lowest BCUT2D eigenvalue weighted by molar-refractivity contribution is 0.288. The molecular weight excluding hydrogens is 260 g/mol. The van der Waals surface area contributed by atoms with Gasteiger partial charge >= 0.3 is 0 Å². The van der Waals surface area contributed by atoms with Crippen molar-refractivity contribution in [2.45, 2.75) is 57.9 Å². The van der Waals surface area contributed by atoms with Crippen molar-refractivity contribution in [3.63, 3.8) is 0 Å². The molecule has 0 bridgehead atoms. The van der Waals surface area contributed by atoms with E-state index >= 15 is 0 Å². The third-order valence-corrected chi connectivity index (χ3v) is 4.41. The normalized spacial score (nSPS) is 14.3. The van der Waals surface area contributed by atoms with Gasteiger partial charge in [-0.2, -0.15) is 5.26 Å². The first kappa shape index (κ1) is 17.5. The van der Waals surface area contributed by atoms with Gasteiger partial charge in [0.2, 0.25) is 0 Å². The van der Waals surface area contributed by atoms with Crippen molar-refractivity contribution in [1.82, 2.24) is 5.32 Å². The molecule has 0 fully saturated rings. The number of rotatable bonds is 8. The lowest BCUT2D eigenvalue weighted by Crippen LogP contribution is -2.38. The molecule has 0 aromatic heterocycles. The summed E-state index contributed by atoms with van der Waals surface area (Å²) in [4.78, 5) is 0. The maximum atomic E-state index is 9.08. The van der Waals surface area contributed by atoms with Gasteiger partial charge < -0.3 is 10.1 Å². The number of nitrogens with zero attached hydrogens (tertiary/aromatic N) is 1. The molecular formula is C18H28N2O. The van der Waals surface area contributed by atoms with Gasteiger partial charge in [0, 0.05) is 0 Å². The summed E-state index contributed by atoms with van der Waals surface area (Å²) in [6.45, 7) is 9.26. The molecule has 1 atom stereocenters. The van der Waals surface area contributed by atoms with Gasteiger partial charge in [0.15, 0.2) is 0 Å². The zero-order valence-corrected chi connectivity index (χ0v) is 14.0. The Bertz CT molecular complexity index is 473. The van der Waals surface area contributed by atoms with E-state index < -0.39 is 5.54 Å². The van der Waals surface area contributed by atoms with Gasteiger partial charge in [0.05, 0.1) is 12.7 Å². The van der Waals surface area contributed by atoms with E-state index in [2.05, 4.69) is 44.3 Å². The summed E-state index contributed by atoms with van der Waals surface area (Å²) < 4.78 is 5.75. The molecule has 1 aromatic carbocycles. The van der Waals surface area contributed by atoms with Crippen molar-refractivity contribution in [2.75, 3.05) is 13.7 Å². The van der Waals surface area contributed by atoms with Crippen LogP contribution in [-0.4, -0.2) is 19.2 Å². The van der Waals surface area contributed by atoms with Crippen LogP contribution >= 0.6 is 0 Å². The molecule has 3 heteroatoms. The van der Waals surface area contributed by atoms with E-state index in [1.54, 1.807) is 0 Å². The lowest BCUT2D eigenvalue weighted by Gasteiger charge is -2.23. The fraction of sp³-hybridized carbons (Fsp3) is 0.611. The summed E-state index contributed by atoms with van der Waals surface area (Å²) in [6.07, 6.45) is 2.75. The number of benzene rings is 1. The minimum absolute atomic E-state index is 0.208. The molecule has 21 heavy (non-hydrogen) atoms. The largest absolute Gasteiger partial charge is 0.494 e. The first-order valence-electron chi connectivity index (χ1n) is 7.70. The Labute approximate surface area is 129 Å². The van der Waals surface area contributed by atoms with Gasteiger partial charge in [-0.15, -0.1) is 0 Å². The van der Waals surface area contributed by atoms with E-state index in [1.165, 1.54) is 5.56 Å². The van der Waals surface area contributed by atoms with E-state index in [0.717, 1.165) is 25.0 Å². The van der Waals surface area contributed by atoms with Crippen molar-refractivity contribution in [3.8, 4) is 11.8 Å². The van der Waals surface area contributed by atoms with E-state index in [4.69, 9.17) is 10.00 Å². The van der Waals surface area contributed by atoms with Gasteiger partial charge in [-0.05, 0) is 56.3 Å². The van der Waals surface area contributed by atoms with Crippen LogP contribution in [0.15, 0.2) is 24.3 Å². The Morgan fingerprint density at radius 2 is 1.81 bits per heavy atom. The average Bonchev–Trinajstić information content (AvgIpc) is 2.51. The van der Waals surface area contributed by atoms with Crippen LogP contribution in [0.1, 0.15) is 52.5 Å². The van der Waals surface area contributed by atoms with Gasteiger partial charge in [-0.1, -0.05) is 32.9 Å². The highest BCUT2D eigenvalue weighted by molar-refractivity contribution is 5.31. The third-order valence-electron chi connectivity index (χ3n) is 4.41. The Morgan fingerprint density at radius 1 is 1.19 bits per heavy atom. The smallest absolute Gasteiger partial charge is 0.119 e. The molecule has 0 aliphatic heterocycles. The molecule has 1 N–H and O–H groups in total. The molecule has 0 amide bonds. The number of hydrogen-bond acceptors (Lipinski definition) is 3. The summed E-state index contributed by atoms with van der Waals surface area (Å²) >= 11 is 0. The molecule has 0 aliphatic rings. The maximum absolute atomic E-state index is 9.08. The number of ether oxygens (including phenoxy) is 1.